The molecular weight excluding hydrogens is 893 g/mol. The smallest absolute Gasteiger partial charge is 0.0541 e. The summed E-state index contributed by atoms with van der Waals surface area (Å²) >= 11 is 0. The van der Waals surface area contributed by atoms with Crippen molar-refractivity contribution in [1.29, 1.82) is 0 Å². The van der Waals surface area contributed by atoms with Crippen LogP contribution in [0, 0.1) is 0 Å². The fraction of sp³-hybridized carbons (Fsp3) is 0. The predicted molar refractivity (Wildman–Crippen MR) is 313 cm³/mol. The zero-order valence-electron chi connectivity index (χ0n) is 40.6. The normalized spacial score (nSPS) is 11.5. The van der Waals surface area contributed by atoms with Crippen LogP contribution < -0.4 is 0 Å². The zero-order chi connectivity index (χ0) is 49.0. The Hall–Kier alpha value is -9.76. The number of aromatic nitrogens is 2. The average molecular weight is 941 g/mol. The van der Waals surface area contributed by atoms with Crippen LogP contribution in [-0.4, -0.2) is 9.13 Å². The number of hydrogen-bond acceptors (Lipinski definition) is 0. The first kappa shape index (κ1) is 43.1. The molecule has 0 aliphatic heterocycles. The molecule has 0 atom stereocenters. The van der Waals surface area contributed by atoms with Crippen molar-refractivity contribution < 1.29 is 0 Å². The third-order valence-corrected chi connectivity index (χ3v) is 15.0. The van der Waals surface area contributed by atoms with E-state index in [0.29, 0.717) is 0 Å². The summed E-state index contributed by atoms with van der Waals surface area (Å²) in [6, 6.07) is 106. The molecule has 2 aromatic heterocycles. The Bertz CT molecular complexity index is 4390. The number of fused-ring (bicyclic) bond motifs is 6. The number of benzene rings is 12. The third-order valence-electron chi connectivity index (χ3n) is 15.0. The van der Waals surface area contributed by atoms with Gasteiger partial charge >= 0.3 is 0 Å². The van der Waals surface area contributed by atoms with Crippen molar-refractivity contribution in [1.82, 2.24) is 9.13 Å². The van der Waals surface area contributed by atoms with Crippen molar-refractivity contribution in [3.8, 4) is 89.3 Å². The number of nitrogens with zero attached hydrogens (tertiary/aromatic N) is 2. The van der Waals surface area contributed by atoms with Crippen molar-refractivity contribution >= 4 is 43.6 Å². The van der Waals surface area contributed by atoms with Gasteiger partial charge in [-0.25, -0.2) is 0 Å². The van der Waals surface area contributed by atoms with Crippen molar-refractivity contribution in [3.63, 3.8) is 0 Å². The molecule has 2 heteroatoms. The van der Waals surface area contributed by atoms with E-state index in [-0.39, 0.29) is 0 Å². The molecule has 2 nitrogen and oxygen atoms in total. The molecule has 14 aromatic rings. The molecule has 12 aromatic carbocycles. The Kier molecular flexibility index (Phi) is 10.6. The maximum absolute atomic E-state index is 2.45. The lowest BCUT2D eigenvalue weighted by Crippen LogP contribution is -1.97. The maximum Gasteiger partial charge on any atom is 0.0541 e. The van der Waals surface area contributed by atoms with E-state index in [1.165, 1.54) is 127 Å². The molecule has 2 heterocycles. The van der Waals surface area contributed by atoms with Crippen LogP contribution in [-0.2, 0) is 0 Å². The van der Waals surface area contributed by atoms with Gasteiger partial charge in [-0.2, -0.15) is 0 Å². The minimum Gasteiger partial charge on any atom is -0.309 e. The lowest BCUT2D eigenvalue weighted by Gasteiger charge is -2.15. The lowest BCUT2D eigenvalue weighted by molar-refractivity contribution is 1.18. The number of hydrogen-bond donors (Lipinski definition) is 0. The summed E-state index contributed by atoms with van der Waals surface area (Å²) in [6.45, 7) is 0. The Morgan fingerprint density at radius 2 is 0.514 bits per heavy atom. The first-order valence-electron chi connectivity index (χ1n) is 25.5. The molecule has 0 bridgehead atoms. The van der Waals surface area contributed by atoms with E-state index < -0.39 is 0 Å². The Morgan fingerprint density at radius 3 is 1.07 bits per heavy atom. The molecule has 0 radical (unpaired) electrons. The first-order valence-corrected chi connectivity index (χ1v) is 25.5. The van der Waals surface area contributed by atoms with E-state index in [1.807, 2.05) is 0 Å². The Labute approximate surface area is 431 Å². The van der Waals surface area contributed by atoms with Gasteiger partial charge < -0.3 is 9.13 Å². The summed E-state index contributed by atoms with van der Waals surface area (Å²) in [6.07, 6.45) is 0. The maximum atomic E-state index is 2.45. The van der Waals surface area contributed by atoms with Gasteiger partial charge in [0.1, 0.15) is 0 Å². The highest BCUT2D eigenvalue weighted by Crippen LogP contribution is 2.41. The highest BCUT2D eigenvalue weighted by molar-refractivity contribution is 6.13. The average Bonchev–Trinajstić information content (AvgIpc) is 4.00. The van der Waals surface area contributed by atoms with E-state index in [0.717, 1.165) is 5.69 Å². The fourth-order valence-corrected chi connectivity index (χ4v) is 11.4. The second kappa shape index (κ2) is 18.1. The number of rotatable bonds is 9. The van der Waals surface area contributed by atoms with Crippen LogP contribution in [0.4, 0.5) is 0 Å². The molecular formula is C72H48N2. The van der Waals surface area contributed by atoms with E-state index in [2.05, 4.69) is 300 Å². The van der Waals surface area contributed by atoms with Crippen molar-refractivity contribution in [3.05, 3.63) is 291 Å². The molecule has 0 aliphatic rings. The lowest BCUT2D eigenvalue weighted by atomic mass is 9.92. The Morgan fingerprint density at radius 1 is 0.176 bits per heavy atom. The summed E-state index contributed by atoms with van der Waals surface area (Å²) in [5.41, 5.74) is 23.9. The second-order valence-electron chi connectivity index (χ2n) is 19.2. The fourth-order valence-electron chi connectivity index (χ4n) is 11.4. The van der Waals surface area contributed by atoms with Crippen LogP contribution in [0.1, 0.15) is 0 Å². The van der Waals surface area contributed by atoms with Gasteiger partial charge in [-0.15, -0.1) is 0 Å². The molecule has 0 saturated heterocycles. The molecule has 0 saturated carbocycles. The first-order chi connectivity index (χ1) is 36.7. The van der Waals surface area contributed by atoms with Gasteiger partial charge in [-0.3, -0.25) is 0 Å². The second-order valence-corrected chi connectivity index (χ2v) is 19.2. The molecule has 0 amide bonds. The highest BCUT2D eigenvalue weighted by atomic mass is 15.0. The molecule has 0 spiro atoms. The largest absolute Gasteiger partial charge is 0.309 e. The van der Waals surface area contributed by atoms with Gasteiger partial charge in [0, 0.05) is 32.8 Å². The van der Waals surface area contributed by atoms with E-state index in [1.54, 1.807) is 0 Å². The van der Waals surface area contributed by atoms with Gasteiger partial charge in [0.2, 0.25) is 0 Å². The van der Waals surface area contributed by atoms with Gasteiger partial charge in [0.15, 0.2) is 0 Å². The predicted octanol–water partition coefficient (Wildman–Crippen LogP) is 19.5. The van der Waals surface area contributed by atoms with E-state index >= 15 is 0 Å². The van der Waals surface area contributed by atoms with Gasteiger partial charge in [0.05, 0.1) is 27.8 Å². The van der Waals surface area contributed by atoms with Crippen molar-refractivity contribution in [2.75, 3.05) is 0 Å². The molecule has 14 rings (SSSR count). The summed E-state index contributed by atoms with van der Waals surface area (Å²) in [4.78, 5) is 0. The topological polar surface area (TPSA) is 9.86 Å². The summed E-state index contributed by atoms with van der Waals surface area (Å²) in [5.74, 6) is 0. The molecule has 0 N–H and O–H groups in total. The molecule has 0 aliphatic carbocycles. The van der Waals surface area contributed by atoms with Crippen LogP contribution in [0.2, 0.25) is 0 Å². The minimum absolute atomic E-state index is 1.16. The summed E-state index contributed by atoms with van der Waals surface area (Å²) < 4.78 is 4.83. The van der Waals surface area contributed by atoms with Crippen LogP contribution in [0.25, 0.3) is 133 Å². The van der Waals surface area contributed by atoms with Gasteiger partial charge in [-0.05, 0) is 139 Å². The van der Waals surface area contributed by atoms with Gasteiger partial charge in [-0.1, -0.05) is 224 Å². The zero-order valence-corrected chi connectivity index (χ0v) is 40.6. The van der Waals surface area contributed by atoms with Crippen molar-refractivity contribution in [2.24, 2.45) is 0 Å². The monoisotopic (exact) mass is 940 g/mol. The van der Waals surface area contributed by atoms with Crippen molar-refractivity contribution in [2.45, 2.75) is 0 Å². The van der Waals surface area contributed by atoms with Gasteiger partial charge in [0.25, 0.3) is 0 Å². The van der Waals surface area contributed by atoms with E-state index in [4.69, 9.17) is 0 Å². The highest BCUT2D eigenvalue weighted by Gasteiger charge is 2.18. The van der Waals surface area contributed by atoms with Crippen LogP contribution in [0.5, 0.6) is 0 Å². The number of para-hydroxylation sites is 4. The van der Waals surface area contributed by atoms with E-state index in [9.17, 15) is 0 Å². The SMILES string of the molecule is c1ccc(-c2ccccc2-c2ccc(-c3cccc(-c4cccc(-c5ccc(-c6ccccc6-n6c7ccccc7c7cc(-c8ccc9c(c8)c8ccccc8n9-c8ccccc8)ccc76)cc5)c4)c3)cc2)cc1. The summed E-state index contributed by atoms with van der Waals surface area (Å²) in [5, 5.41) is 4.98. The molecule has 0 unspecified atom stereocenters. The van der Waals surface area contributed by atoms with Crippen LogP contribution >= 0.6 is 0 Å². The molecule has 74 heavy (non-hydrogen) atoms. The minimum atomic E-state index is 1.16. The third kappa shape index (κ3) is 7.52. The summed E-state index contributed by atoms with van der Waals surface area (Å²) in [7, 11) is 0. The molecule has 346 valence electrons. The molecule has 0 fully saturated rings. The Balaban J connectivity index is 0.764. The quantitative estimate of drug-likeness (QED) is 0.136. The standard InChI is InChI=1S/C72H48N2/c1-3-17-51(18-4-1)61-25-7-8-26-62(61)52-37-33-49(34-38-52)54-19-15-21-56(45-54)57-22-16-20-55(46-57)50-35-39-53(40-36-50)63-27-9-12-30-68(63)74-70-32-14-11-29-65(70)67-48-59(42-44-72(67)74)58-41-43-71-66(47-58)64-28-10-13-31-69(64)73(71)60-23-5-2-6-24-60/h1-48H. The van der Waals surface area contributed by atoms with Crippen LogP contribution in [0.15, 0.2) is 291 Å². The van der Waals surface area contributed by atoms with Crippen LogP contribution in [0.3, 0.4) is 0 Å².